The Labute approximate surface area is 66.9 Å². The van der Waals surface area contributed by atoms with E-state index in [1.807, 2.05) is 0 Å². The fraction of sp³-hybridized carbons (Fsp3) is 0.667. The van der Waals surface area contributed by atoms with Crippen molar-refractivity contribution in [2.24, 2.45) is 0 Å². The highest BCUT2D eigenvalue weighted by Gasteiger charge is 2.28. The third-order valence-corrected chi connectivity index (χ3v) is 2.68. The number of rotatable bonds is 1. The summed E-state index contributed by atoms with van der Waals surface area (Å²) < 4.78 is 0. The van der Waals surface area contributed by atoms with E-state index in [2.05, 4.69) is 11.0 Å². The van der Waals surface area contributed by atoms with Gasteiger partial charge in [-0.3, -0.25) is 9.69 Å². The summed E-state index contributed by atoms with van der Waals surface area (Å²) in [6, 6.07) is 0.473. The van der Waals surface area contributed by atoms with Gasteiger partial charge in [0.2, 0.25) is 0 Å². The molecule has 2 heterocycles. The van der Waals surface area contributed by atoms with Gasteiger partial charge in [0.05, 0.1) is 0 Å². The van der Waals surface area contributed by atoms with Crippen molar-refractivity contribution >= 4 is 6.29 Å². The van der Waals surface area contributed by atoms with E-state index in [0.29, 0.717) is 6.04 Å². The van der Waals surface area contributed by atoms with Crippen LogP contribution in [0.2, 0.25) is 0 Å². The number of hydrogen-bond donors (Lipinski definition) is 0. The lowest BCUT2D eigenvalue weighted by Crippen LogP contribution is -2.35. The fourth-order valence-electron chi connectivity index (χ4n) is 2.13. The molecule has 2 rings (SSSR count). The Bertz CT molecular complexity index is 198. The lowest BCUT2D eigenvalue weighted by molar-refractivity contribution is -0.105. The Morgan fingerprint density at radius 1 is 1.55 bits per heavy atom. The summed E-state index contributed by atoms with van der Waals surface area (Å²) in [7, 11) is 0. The first-order valence-electron chi connectivity index (χ1n) is 4.31. The Kier molecular flexibility index (Phi) is 1.78. The van der Waals surface area contributed by atoms with Crippen LogP contribution in [0.15, 0.2) is 11.6 Å². The topological polar surface area (TPSA) is 20.3 Å². The molecule has 0 bridgehead atoms. The van der Waals surface area contributed by atoms with Gasteiger partial charge < -0.3 is 0 Å². The molecular formula is C9H13NO. The summed E-state index contributed by atoms with van der Waals surface area (Å²) in [6.07, 6.45) is 6.63. The van der Waals surface area contributed by atoms with E-state index in [-0.39, 0.29) is 0 Å². The summed E-state index contributed by atoms with van der Waals surface area (Å²) >= 11 is 0. The minimum atomic E-state index is 0.473. The average molecular weight is 151 g/mol. The summed E-state index contributed by atoms with van der Waals surface area (Å²) in [5.41, 5.74) is 1.02. The quantitative estimate of drug-likeness (QED) is 0.521. The Hall–Kier alpha value is -0.630. The molecule has 0 aliphatic carbocycles. The first-order chi connectivity index (χ1) is 5.42. The maximum absolute atomic E-state index is 10.6. The van der Waals surface area contributed by atoms with Crippen molar-refractivity contribution in [3.05, 3.63) is 11.6 Å². The number of carbonyl (C=O) groups excluding carboxylic acids is 1. The first kappa shape index (κ1) is 7.04. The molecule has 1 fully saturated rings. The minimum absolute atomic E-state index is 0.473. The highest BCUT2D eigenvalue weighted by Crippen LogP contribution is 2.26. The monoisotopic (exact) mass is 151 g/mol. The molecule has 11 heavy (non-hydrogen) atoms. The van der Waals surface area contributed by atoms with Gasteiger partial charge in [-0.2, -0.15) is 0 Å². The molecule has 0 radical (unpaired) electrons. The molecule has 0 amide bonds. The highest BCUT2D eigenvalue weighted by atomic mass is 16.1. The number of fused-ring (bicyclic) bond motifs is 1. The molecule has 60 valence electrons. The van der Waals surface area contributed by atoms with Crippen LogP contribution in [-0.2, 0) is 4.79 Å². The van der Waals surface area contributed by atoms with Crippen LogP contribution in [-0.4, -0.2) is 30.3 Å². The molecule has 0 aromatic rings. The van der Waals surface area contributed by atoms with Crippen LogP contribution in [0.3, 0.4) is 0 Å². The normalized spacial score (nSPS) is 31.3. The molecule has 1 unspecified atom stereocenters. The Morgan fingerprint density at radius 2 is 2.45 bits per heavy atom. The largest absolute Gasteiger partial charge is 0.298 e. The van der Waals surface area contributed by atoms with Gasteiger partial charge in [0, 0.05) is 18.2 Å². The van der Waals surface area contributed by atoms with Gasteiger partial charge in [-0.1, -0.05) is 6.08 Å². The lowest BCUT2D eigenvalue weighted by atomic mass is 10.0. The van der Waals surface area contributed by atoms with Crippen LogP contribution in [0.4, 0.5) is 0 Å². The Morgan fingerprint density at radius 3 is 3.27 bits per heavy atom. The SMILES string of the molecule is O=CC1=CCCN2CCCC12. The highest BCUT2D eigenvalue weighted by molar-refractivity contribution is 5.75. The van der Waals surface area contributed by atoms with E-state index in [4.69, 9.17) is 0 Å². The van der Waals surface area contributed by atoms with E-state index in [9.17, 15) is 4.79 Å². The predicted octanol–water partition coefficient (Wildman–Crippen LogP) is 0.980. The van der Waals surface area contributed by atoms with Crippen molar-refractivity contribution in [1.82, 2.24) is 4.90 Å². The summed E-state index contributed by atoms with van der Waals surface area (Å²) in [6.45, 7) is 2.35. The number of hydrogen-bond acceptors (Lipinski definition) is 2. The maximum atomic E-state index is 10.6. The molecule has 2 aliphatic heterocycles. The second-order valence-corrected chi connectivity index (χ2v) is 3.30. The molecule has 0 N–H and O–H groups in total. The smallest absolute Gasteiger partial charge is 0.147 e. The standard InChI is InChI=1S/C9H13NO/c11-7-8-3-1-5-10-6-2-4-9(8)10/h3,7,9H,1-2,4-6H2. The molecule has 2 heteroatoms. The van der Waals surface area contributed by atoms with Gasteiger partial charge in [0.25, 0.3) is 0 Å². The summed E-state index contributed by atoms with van der Waals surface area (Å²) in [5, 5.41) is 0. The number of aldehydes is 1. The van der Waals surface area contributed by atoms with Crippen LogP contribution >= 0.6 is 0 Å². The zero-order chi connectivity index (χ0) is 7.68. The fourth-order valence-corrected chi connectivity index (χ4v) is 2.13. The van der Waals surface area contributed by atoms with Crippen molar-refractivity contribution in [2.75, 3.05) is 13.1 Å². The van der Waals surface area contributed by atoms with E-state index in [0.717, 1.165) is 24.8 Å². The van der Waals surface area contributed by atoms with E-state index < -0.39 is 0 Å². The molecule has 0 saturated carbocycles. The van der Waals surface area contributed by atoms with Crippen molar-refractivity contribution in [3.63, 3.8) is 0 Å². The summed E-state index contributed by atoms with van der Waals surface area (Å²) in [5.74, 6) is 0. The van der Waals surface area contributed by atoms with Crippen molar-refractivity contribution in [2.45, 2.75) is 25.3 Å². The van der Waals surface area contributed by atoms with Crippen molar-refractivity contribution < 1.29 is 4.79 Å². The van der Waals surface area contributed by atoms with Crippen LogP contribution in [0.1, 0.15) is 19.3 Å². The minimum Gasteiger partial charge on any atom is -0.298 e. The molecule has 1 saturated heterocycles. The van der Waals surface area contributed by atoms with Gasteiger partial charge >= 0.3 is 0 Å². The second kappa shape index (κ2) is 2.78. The van der Waals surface area contributed by atoms with Gasteiger partial charge in [-0.15, -0.1) is 0 Å². The average Bonchev–Trinajstić information content (AvgIpc) is 2.50. The maximum Gasteiger partial charge on any atom is 0.147 e. The molecule has 2 aliphatic rings. The van der Waals surface area contributed by atoms with Crippen molar-refractivity contribution in [3.8, 4) is 0 Å². The summed E-state index contributed by atoms with van der Waals surface area (Å²) in [4.78, 5) is 13.0. The van der Waals surface area contributed by atoms with Crippen LogP contribution in [0.25, 0.3) is 0 Å². The van der Waals surface area contributed by atoms with E-state index in [1.165, 1.54) is 19.4 Å². The first-order valence-corrected chi connectivity index (χ1v) is 4.31. The molecule has 0 spiro atoms. The Balaban J connectivity index is 2.19. The van der Waals surface area contributed by atoms with Gasteiger partial charge in [-0.25, -0.2) is 0 Å². The van der Waals surface area contributed by atoms with E-state index in [1.54, 1.807) is 0 Å². The molecule has 1 atom stereocenters. The molecule has 0 aromatic carbocycles. The van der Waals surface area contributed by atoms with Crippen LogP contribution in [0, 0.1) is 0 Å². The second-order valence-electron chi connectivity index (χ2n) is 3.30. The number of carbonyl (C=O) groups is 1. The van der Waals surface area contributed by atoms with Gasteiger partial charge in [0.15, 0.2) is 0 Å². The molecular weight excluding hydrogens is 138 g/mol. The number of nitrogens with zero attached hydrogens (tertiary/aromatic N) is 1. The van der Waals surface area contributed by atoms with Crippen LogP contribution < -0.4 is 0 Å². The van der Waals surface area contributed by atoms with Crippen LogP contribution in [0.5, 0.6) is 0 Å². The molecule has 0 aromatic heterocycles. The van der Waals surface area contributed by atoms with Gasteiger partial charge in [0.1, 0.15) is 6.29 Å². The zero-order valence-electron chi connectivity index (χ0n) is 6.62. The van der Waals surface area contributed by atoms with Crippen molar-refractivity contribution in [1.29, 1.82) is 0 Å². The predicted molar refractivity (Wildman–Crippen MR) is 43.4 cm³/mol. The van der Waals surface area contributed by atoms with E-state index >= 15 is 0 Å². The zero-order valence-corrected chi connectivity index (χ0v) is 6.62. The third-order valence-electron chi connectivity index (χ3n) is 2.68. The lowest BCUT2D eigenvalue weighted by Gasteiger charge is -2.27. The molecule has 2 nitrogen and oxygen atoms in total. The van der Waals surface area contributed by atoms with Gasteiger partial charge in [-0.05, 0) is 25.8 Å². The third kappa shape index (κ3) is 1.11.